The van der Waals surface area contributed by atoms with Crippen LogP contribution in [0.5, 0.6) is 5.75 Å². The van der Waals surface area contributed by atoms with Crippen molar-refractivity contribution in [3.63, 3.8) is 0 Å². The van der Waals surface area contributed by atoms with Crippen molar-refractivity contribution in [1.29, 1.82) is 0 Å². The molecule has 0 saturated carbocycles. The van der Waals surface area contributed by atoms with E-state index in [4.69, 9.17) is 9.84 Å². The van der Waals surface area contributed by atoms with E-state index in [0.29, 0.717) is 19.6 Å². The molecule has 1 amide bonds. The predicted molar refractivity (Wildman–Crippen MR) is 93.1 cm³/mol. The summed E-state index contributed by atoms with van der Waals surface area (Å²) < 4.78 is 5.72. The Hall–Kier alpha value is -1.92. The van der Waals surface area contributed by atoms with Crippen molar-refractivity contribution in [3.8, 4) is 5.75 Å². The molecule has 1 unspecified atom stereocenters. The van der Waals surface area contributed by atoms with Gasteiger partial charge in [-0.1, -0.05) is 17.7 Å². The minimum absolute atomic E-state index is 0.0854. The molecule has 0 aliphatic carbocycles. The summed E-state index contributed by atoms with van der Waals surface area (Å²) in [6.07, 6.45) is 1.20. The summed E-state index contributed by atoms with van der Waals surface area (Å²) in [6, 6.07) is 7.91. The summed E-state index contributed by atoms with van der Waals surface area (Å²) in [4.78, 5) is 18.6. The number of likely N-dealkylation sites (tertiary alicyclic amines) is 1. The molecule has 2 heterocycles. The highest BCUT2D eigenvalue weighted by molar-refractivity contribution is 7.09. The lowest BCUT2D eigenvalue weighted by molar-refractivity contribution is -0.129. The van der Waals surface area contributed by atoms with Crippen LogP contribution >= 0.6 is 11.3 Å². The number of thiazole rings is 1. The van der Waals surface area contributed by atoms with Crippen LogP contribution < -0.4 is 4.74 Å². The van der Waals surface area contributed by atoms with Crippen molar-refractivity contribution in [2.75, 3.05) is 19.7 Å². The van der Waals surface area contributed by atoms with Gasteiger partial charge in [0.1, 0.15) is 17.4 Å². The van der Waals surface area contributed by atoms with E-state index in [1.807, 2.05) is 41.5 Å². The van der Waals surface area contributed by atoms with Crippen molar-refractivity contribution >= 4 is 17.2 Å². The van der Waals surface area contributed by atoms with Crippen LogP contribution in [0.1, 0.15) is 22.7 Å². The number of rotatable bonds is 6. The summed E-state index contributed by atoms with van der Waals surface area (Å²) in [5.74, 6) is 1.13. The molecule has 1 aromatic heterocycles. The summed E-state index contributed by atoms with van der Waals surface area (Å²) in [5.41, 5.74) is 1.99. The maximum atomic E-state index is 12.3. The molecule has 2 aromatic rings. The molecular formula is C18H22N2O3S. The standard InChI is InChI=1S/C18H22N2O3S/c1-13-2-4-16(5-3-13)23-11-17-19-15(12-24-17)8-18(22)20-7-6-14(9-20)10-21/h2-5,12,14,21H,6-11H2,1H3. The van der Waals surface area contributed by atoms with Gasteiger partial charge in [0.15, 0.2) is 0 Å². The van der Waals surface area contributed by atoms with Gasteiger partial charge in [0.05, 0.1) is 12.1 Å². The highest BCUT2D eigenvalue weighted by Crippen LogP contribution is 2.19. The number of nitrogens with zero attached hydrogens (tertiary/aromatic N) is 2. The van der Waals surface area contributed by atoms with Crippen LogP contribution in [0.4, 0.5) is 0 Å². The van der Waals surface area contributed by atoms with Crippen molar-refractivity contribution in [3.05, 3.63) is 45.9 Å². The lowest BCUT2D eigenvalue weighted by atomic mass is 10.1. The lowest BCUT2D eigenvalue weighted by Crippen LogP contribution is -2.30. The number of aryl methyl sites for hydroxylation is 1. The van der Waals surface area contributed by atoms with Crippen molar-refractivity contribution in [2.24, 2.45) is 5.92 Å². The number of aliphatic hydroxyl groups excluding tert-OH is 1. The highest BCUT2D eigenvalue weighted by Gasteiger charge is 2.25. The normalized spacial score (nSPS) is 17.2. The van der Waals surface area contributed by atoms with Crippen LogP contribution in [0.3, 0.4) is 0 Å². The first-order valence-corrected chi connectivity index (χ1v) is 9.03. The van der Waals surface area contributed by atoms with Gasteiger partial charge >= 0.3 is 0 Å². The van der Waals surface area contributed by atoms with Gasteiger partial charge in [-0.2, -0.15) is 0 Å². The molecule has 128 valence electrons. The maximum Gasteiger partial charge on any atom is 0.228 e. The Kier molecular flexibility index (Phi) is 5.48. The molecule has 0 bridgehead atoms. The Morgan fingerprint density at radius 1 is 1.42 bits per heavy atom. The first-order valence-electron chi connectivity index (χ1n) is 8.15. The maximum absolute atomic E-state index is 12.3. The number of hydrogen-bond acceptors (Lipinski definition) is 5. The highest BCUT2D eigenvalue weighted by atomic mass is 32.1. The number of benzene rings is 1. The molecule has 1 aliphatic heterocycles. The fourth-order valence-corrected chi connectivity index (χ4v) is 3.46. The first kappa shape index (κ1) is 16.9. The molecule has 6 heteroatoms. The molecule has 1 atom stereocenters. The van der Waals surface area contributed by atoms with E-state index < -0.39 is 0 Å². The average molecular weight is 346 g/mol. The SMILES string of the molecule is Cc1ccc(OCc2nc(CC(=O)N3CCC(CO)C3)cs2)cc1. The molecule has 1 saturated heterocycles. The number of hydrogen-bond donors (Lipinski definition) is 1. The monoisotopic (exact) mass is 346 g/mol. The quantitative estimate of drug-likeness (QED) is 0.872. The number of amides is 1. The second kappa shape index (κ2) is 7.77. The van der Waals surface area contributed by atoms with Crippen LogP contribution in [0.15, 0.2) is 29.6 Å². The topological polar surface area (TPSA) is 62.7 Å². The van der Waals surface area contributed by atoms with E-state index in [0.717, 1.165) is 29.4 Å². The van der Waals surface area contributed by atoms with Gasteiger partial charge in [0, 0.05) is 31.0 Å². The Bertz CT molecular complexity index is 684. The Morgan fingerprint density at radius 3 is 2.92 bits per heavy atom. The van der Waals surface area contributed by atoms with Crippen molar-refractivity contribution in [1.82, 2.24) is 9.88 Å². The zero-order chi connectivity index (χ0) is 16.9. The molecule has 3 rings (SSSR count). The average Bonchev–Trinajstić information content (AvgIpc) is 3.23. The molecule has 0 spiro atoms. The molecule has 0 radical (unpaired) electrons. The van der Waals surface area contributed by atoms with Gasteiger partial charge in [0.25, 0.3) is 0 Å². The van der Waals surface area contributed by atoms with Gasteiger partial charge in [0.2, 0.25) is 5.91 Å². The van der Waals surface area contributed by atoms with Crippen LogP contribution in [0, 0.1) is 12.8 Å². The van der Waals surface area contributed by atoms with Gasteiger partial charge in [-0.3, -0.25) is 4.79 Å². The van der Waals surface area contributed by atoms with E-state index in [1.165, 1.54) is 16.9 Å². The summed E-state index contributed by atoms with van der Waals surface area (Å²) >= 11 is 1.51. The van der Waals surface area contributed by atoms with E-state index in [1.54, 1.807) is 0 Å². The number of aliphatic hydroxyl groups is 1. The van der Waals surface area contributed by atoms with E-state index >= 15 is 0 Å². The second-order valence-electron chi connectivity index (χ2n) is 6.19. The minimum Gasteiger partial charge on any atom is -0.486 e. The molecular weight excluding hydrogens is 324 g/mol. The Labute approximate surface area is 145 Å². The number of aromatic nitrogens is 1. The number of ether oxygens (including phenoxy) is 1. The first-order chi connectivity index (χ1) is 11.6. The Balaban J connectivity index is 1.50. The van der Waals surface area contributed by atoms with Gasteiger partial charge in [-0.15, -0.1) is 11.3 Å². The largest absolute Gasteiger partial charge is 0.486 e. The van der Waals surface area contributed by atoms with Crippen LogP contribution in [-0.2, 0) is 17.8 Å². The zero-order valence-corrected chi connectivity index (χ0v) is 14.6. The van der Waals surface area contributed by atoms with Crippen molar-refractivity contribution in [2.45, 2.75) is 26.4 Å². The fourth-order valence-electron chi connectivity index (χ4n) is 2.75. The molecule has 1 N–H and O–H groups in total. The summed E-state index contributed by atoms with van der Waals surface area (Å²) in [5, 5.41) is 12.0. The third kappa shape index (κ3) is 4.33. The van der Waals surface area contributed by atoms with Crippen LogP contribution in [0.25, 0.3) is 0 Å². The zero-order valence-electron chi connectivity index (χ0n) is 13.8. The van der Waals surface area contributed by atoms with Crippen molar-refractivity contribution < 1.29 is 14.6 Å². The predicted octanol–water partition coefficient (Wildman–Crippen LogP) is 2.41. The van der Waals surface area contributed by atoms with E-state index in [9.17, 15) is 4.79 Å². The number of carbonyl (C=O) groups is 1. The van der Waals surface area contributed by atoms with Crippen LogP contribution in [0.2, 0.25) is 0 Å². The molecule has 1 aliphatic rings. The molecule has 1 aromatic carbocycles. The molecule has 5 nitrogen and oxygen atoms in total. The lowest BCUT2D eigenvalue weighted by Gasteiger charge is -2.15. The second-order valence-corrected chi connectivity index (χ2v) is 7.13. The van der Waals surface area contributed by atoms with Gasteiger partial charge in [-0.25, -0.2) is 4.98 Å². The third-order valence-electron chi connectivity index (χ3n) is 4.21. The Morgan fingerprint density at radius 2 is 2.21 bits per heavy atom. The summed E-state index contributed by atoms with van der Waals surface area (Å²) in [7, 11) is 0. The third-order valence-corrected chi connectivity index (χ3v) is 5.08. The van der Waals surface area contributed by atoms with E-state index in [-0.39, 0.29) is 18.4 Å². The minimum atomic E-state index is 0.0854. The number of carbonyl (C=O) groups excluding carboxylic acids is 1. The van der Waals surface area contributed by atoms with Crippen LogP contribution in [-0.4, -0.2) is 40.6 Å². The van der Waals surface area contributed by atoms with E-state index in [2.05, 4.69) is 4.98 Å². The fraction of sp³-hybridized carbons (Fsp3) is 0.444. The molecule has 24 heavy (non-hydrogen) atoms. The summed E-state index contributed by atoms with van der Waals surface area (Å²) in [6.45, 7) is 4.00. The molecule has 1 fully saturated rings. The van der Waals surface area contributed by atoms with Gasteiger partial charge in [-0.05, 0) is 25.5 Å². The van der Waals surface area contributed by atoms with Gasteiger partial charge < -0.3 is 14.7 Å². The smallest absolute Gasteiger partial charge is 0.228 e.